The van der Waals surface area contributed by atoms with Gasteiger partial charge in [-0.25, -0.2) is 0 Å². The van der Waals surface area contributed by atoms with Gasteiger partial charge in [0.2, 0.25) is 0 Å². The highest BCUT2D eigenvalue weighted by Crippen LogP contribution is 2.44. The molecular formula is C13H12BrN3. The summed E-state index contributed by atoms with van der Waals surface area (Å²) in [5.74, 6) is 0. The molecule has 17 heavy (non-hydrogen) atoms. The van der Waals surface area contributed by atoms with E-state index in [9.17, 15) is 0 Å². The van der Waals surface area contributed by atoms with Gasteiger partial charge < -0.3 is 0 Å². The number of rotatable bonds is 2. The Labute approximate surface area is 108 Å². The van der Waals surface area contributed by atoms with E-state index in [1.165, 1.54) is 6.42 Å². The second-order valence-electron chi connectivity index (χ2n) is 4.63. The standard InChI is InChI=1S/C13H12BrN3/c14-12-10-4-1-2-5-11(10)17(16-12)13(8-9-15)6-3-7-13/h1-2,4-5H,3,6-8H2. The van der Waals surface area contributed by atoms with Crippen LogP contribution in [0.2, 0.25) is 0 Å². The van der Waals surface area contributed by atoms with E-state index in [-0.39, 0.29) is 5.54 Å². The van der Waals surface area contributed by atoms with E-state index in [0.717, 1.165) is 28.3 Å². The molecule has 3 rings (SSSR count). The van der Waals surface area contributed by atoms with Gasteiger partial charge in [0, 0.05) is 5.39 Å². The van der Waals surface area contributed by atoms with Crippen LogP contribution in [0.15, 0.2) is 28.9 Å². The Balaban J connectivity index is 2.21. The SMILES string of the molecule is N#CCC1(n2nc(Br)c3ccccc32)CCC1. The van der Waals surface area contributed by atoms with Crippen LogP contribution >= 0.6 is 15.9 Å². The first kappa shape index (κ1) is 10.8. The van der Waals surface area contributed by atoms with Crippen molar-refractivity contribution in [3.63, 3.8) is 0 Å². The maximum absolute atomic E-state index is 9.00. The van der Waals surface area contributed by atoms with Crippen LogP contribution in [0.4, 0.5) is 0 Å². The van der Waals surface area contributed by atoms with Crippen LogP contribution in [0, 0.1) is 11.3 Å². The Morgan fingerprint density at radius 2 is 2.18 bits per heavy atom. The van der Waals surface area contributed by atoms with Crippen molar-refractivity contribution in [3.8, 4) is 6.07 Å². The van der Waals surface area contributed by atoms with Gasteiger partial charge >= 0.3 is 0 Å². The van der Waals surface area contributed by atoms with E-state index >= 15 is 0 Å². The molecule has 1 aromatic carbocycles. The molecule has 0 saturated heterocycles. The predicted octanol–water partition coefficient (Wildman–Crippen LogP) is 3.59. The first-order valence-electron chi connectivity index (χ1n) is 5.77. The van der Waals surface area contributed by atoms with Gasteiger partial charge in [0.25, 0.3) is 0 Å². The highest BCUT2D eigenvalue weighted by Gasteiger charge is 2.40. The number of benzene rings is 1. The molecule has 1 aliphatic carbocycles. The van der Waals surface area contributed by atoms with Crippen molar-refractivity contribution < 1.29 is 0 Å². The number of fused-ring (bicyclic) bond motifs is 1. The summed E-state index contributed by atoms with van der Waals surface area (Å²) < 4.78 is 2.93. The molecule has 0 spiro atoms. The van der Waals surface area contributed by atoms with Crippen molar-refractivity contribution in [2.45, 2.75) is 31.2 Å². The Hall–Kier alpha value is -1.34. The number of halogens is 1. The molecule has 86 valence electrons. The quantitative estimate of drug-likeness (QED) is 0.848. The maximum atomic E-state index is 9.00. The van der Waals surface area contributed by atoms with Gasteiger partial charge in [-0.1, -0.05) is 18.2 Å². The number of nitrogens with zero attached hydrogens (tertiary/aromatic N) is 3. The minimum atomic E-state index is -0.0691. The summed E-state index contributed by atoms with van der Waals surface area (Å²) in [6.07, 6.45) is 3.84. The maximum Gasteiger partial charge on any atom is 0.136 e. The van der Waals surface area contributed by atoms with E-state index in [1.807, 2.05) is 12.1 Å². The van der Waals surface area contributed by atoms with Crippen LogP contribution in [-0.4, -0.2) is 9.78 Å². The van der Waals surface area contributed by atoms with Crippen LogP contribution < -0.4 is 0 Å². The molecule has 2 aromatic rings. The van der Waals surface area contributed by atoms with Crippen LogP contribution in [0.1, 0.15) is 25.7 Å². The van der Waals surface area contributed by atoms with Gasteiger partial charge in [0.05, 0.1) is 23.5 Å². The number of hydrogen-bond acceptors (Lipinski definition) is 2. The summed E-state index contributed by atoms with van der Waals surface area (Å²) >= 11 is 3.50. The Morgan fingerprint density at radius 3 is 2.82 bits per heavy atom. The van der Waals surface area contributed by atoms with Crippen LogP contribution in [-0.2, 0) is 5.54 Å². The molecule has 3 nitrogen and oxygen atoms in total. The molecule has 1 heterocycles. The molecule has 4 heteroatoms. The molecule has 0 N–H and O–H groups in total. The van der Waals surface area contributed by atoms with E-state index in [1.54, 1.807) is 0 Å². The second-order valence-corrected chi connectivity index (χ2v) is 5.38. The smallest absolute Gasteiger partial charge is 0.136 e. The molecule has 1 saturated carbocycles. The molecule has 1 fully saturated rings. The molecule has 0 amide bonds. The van der Waals surface area contributed by atoms with Gasteiger partial charge in [-0.05, 0) is 41.3 Å². The first-order chi connectivity index (χ1) is 8.27. The molecule has 0 aliphatic heterocycles. The summed E-state index contributed by atoms with van der Waals surface area (Å²) in [7, 11) is 0. The highest BCUT2D eigenvalue weighted by atomic mass is 79.9. The average Bonchev–Trinajstić information content (AvgIpc) is 2.63. The normalized spacial score (nSPS) is 17.6. The molecule has 0 bridgehead atoms. The molecule has 1 aromatic heterocycles. The van der Waals surface area contributed by atoms with E-state index in [0.29, 0.717) is 6.42 Å². The van der Waals surface area contributed by atoms with Gasteiger partial charge in [0.15, 0.2) is 0 Å². The molecular weight excluding hydrogens is 278 g/mol. The predicted molar refractivity (Wildman–Crippen MR) is 69.5 cm³/mol. The van der Waals surface area contributed by atoms with E-state index < -0.39 is 0 Å². The monoisotopic (exact) mass is 289 g/mol. The van der Waals surface area contributed by atoms with E-state index in [4.69, 9.17) is 5.26 Å². The van der Waals surface area contributed by atoms with Crippen molar-refractivity contribution in [1.29, 1.82) is 5.26 Å². The third-order valence-corrected chi connectivity index (χ3v) is 4.27. The molecule has 0 radical (unpaired) electrons. The number of hydrogen-bond donors (Lipinski definition) is 0. The molecule has 1 aliphatic rings. The number of para-hydroxylation sites is 1. The third-order valence-electron chi connectivity index (χ3n) is 3.68. The Kier molecular flexibility index (Phi) is 2.44. The zero-order chi connectivity index (χ0) is 11.9. The van der Waals surface area contributed by atoms with Crippen LogP contribution in [0.25, 0.3) is 10.9 Å². The minimum absolute atomic E-state index is 0.0691. The van der Waals surface area contributed by atoms with Crippen molar-refractivity contribution in [1.82, 2.24) is 9.78 Å². The van der Waals surface area contributed by atoms with Gasteiger partial charge in [-0.15, -0.1) is 0 Å². The summed E-state index contributed by atoms with van der Waals surface area (Å²) in [6, 6.07) is 10.5. The fourth-order valence-corrected chi connectivity index (χ4v) is 3.08. The summed E-state index contributed by atoms with van der Waals surface area (Å²) in [5, 5.41) is 14.7. The van der Waals surface area contributed by atoms with Crippen molar-refractivity contribution >= 4 is 26.8 Å². The Bertz CT molecular complexity index is 605. The zero-order valence-corrected chi connectivity index (χ0v) is 10.9. The topological polar surface area (TPSA) is 41.6 Å². The zero-order valence-electron chi connectivity index (χ0n) is 9.36. The summed E-state index contributed by atoms with van der Waals surface area (Å²) in [4.78, 5) is 0. The fourth-order valence-electron chi connectivity index (χ4n) is 2.59. The lowest BCUT2D eigenvalue weighted by molar-refractivity contribution is 0.136. The fraction of sp³-hybridized carbons (Fsp3) is 0.385. The largest absolute Gasteiger partial charge is 0.257 e. The average molecular weight is 290 g/mol. The van der Waals surface area contributed by atoms with Crippen molar-refractivity contribution in [2.75, 3.05) is 0 Å². The van der Waals surface area contributed by atoms with Crippen LogP contribution in [0.5, 0.6) is 0 Å². The van der Waals surface area contributed by atoms with E-state index in [2.05, 4.69) is 43.9 Å². The second kappa shape index (κ2) is 3.85. The minimum Gasteiger partial charge on any atom is -0.257 e. The number of aromatic nitrogens is 2. The van der Waals surface area contributed by atoms with Gasteiger partial charge in [0.1, 0.15) is 4.60 Å². The Morgan fingerprint density at radius 1 is 1.41 bits per heavy atom. The first-order valence-corrected chi connectivity index (χ1v) is 6.57. The number of nitriles is 1. The lowest BCUT2D eigenvalue weighted by Crippen LogP contribution is -2.40. The highest BCUT2D eigenvalue weighted by molar-refractivity contribution is 9.10. The lowest BCUT2D eigenvalue weighted by atomic mass is 9.74. The molecule has 0 unspecified atom stereocenters. The van der Waals surface area contributed by atoms with Crippen LogP contribution in [0.3, 0.4) is 0 Å². The van der Waals surface area contributed by atoms with Gasteiger partial charge in [-0.2, -0.15) is 10.4 Å². The molecule has 0 atom stereocenters. The van der Waals surface area contributed by atoms with Crippen molar-refractivity contribution in [3.05, 3.63) is 28.9 Å². The van der Waals surface area contributed by atoms with Gasteiger partial charge in [-0.3, -0.25) is 4.68 Å². The summed E-state index contributed by atoms with van der Waals surface area (Å²) in [5.41, 5.74) is 1.05. The summed E-state index contributed by atoms with van der Waals surface area (Å²) in [6.45, 7) is 0. The third kappa shape index (κ3) is 1.49. The van der Waals surface area contributed by atoms with Crippen molar-refractivity contribution in [2.24, 2.45) is 0 Å². The lowest BCUT2D eigenvalue weighted by Gasteiger charge is -2.40.